The number of nitrogens with one attached hydrogen (secondary N) is 1. The fourth-order valence-electron chi connectivity index (χ4n) is 2.27. The van der Waals surface area contributed by atoms with Crippen molar-refractivity contribution in [2.24, 2.45) is 0 Å². The molecule has 2 fully saturated rings. The maximum atomic E-state index is 9.55. The third kappa shape index (κ3) is 1.63. The van der Waals surface area contributed by atoms with E-state index in [1.807, 2.05) is 0 Å². The first-order valence-electron chi connectivity index (χ1n) is 4.82. The predicted octanol–water partition coefficient (Wildman–Crippen LogP) is 0.280. The summed E-state index contributed by atoms with van der Waals surface area (Å²) in [5.41, 5.74) is 0.204. The Labute approximate surface area is 73.1 Å². The van der Waals surface area contributed by atoms with Crippen molar-refractivity contribution < 1.29 is 9.84 Å². The zero-order valence-electron chi connectivity index (χ0n) is 7.38. The number of aliphatic hydroxyl groups excluding tert-OH is 1. The number of hydrogen-bond acceptors (Lipinski definition) is 3. The van der Waals surface area contributed by atoms with E-state index in [1.54, 1.807) is 0 Å². The fraction of sp³-hybridized carbons (Fsp3) is 1.00. The molecule has 2 rings (SSSR count). The van der Waals surface area contributed by atoms with E-state index in [1.165, 1.54) is 0 Å². The molecule has 0 bridgehead atoms. The average molecular weight is 171 g/mol. The molecule has 12 heavy (non-hydrogen) atoms. The summed E-state index contributed by atoms with van der Waals surface area (Å²) in [7, 11) is 0. The Balaban J connectivity index is 1.97. The second-order valence-corrected chi connectivity index (χ2v) is 3.97. The smallest absolute Gasteiger partial charge is 0.0570 e. The molecule has 2 saturated heterocycles. The summed E-state index contributed by atoms with van der Waals surface area (Å²) >= 11 is 0. The van der Waals surface area contributed by atoms with Crippen LogP contribution in [-0.2, 0) is 4.74 Å². The van der Waals surface area contributed by atoms with Gasteiger partial charge in [0.25, 0.3) is 0 Å². The van der Waals surface area contributed by atoms with Crippen LogP contribution in [0.5, 0.6) is 0 Å². The van der Waals surface area contributed by atoms with Crippen molar-refractivity contribution in [2.45, 2.75) is 37.3 Å². The Hall–Kier alpha value is -0.120. The molecule has 0 saturated carbocycles. The molecule has 3 nitrogen and oxygen atoms in total. The molecular formula is C9H17NO2. The molecule has 0 radical (unpaired) electrons. The monoisotopic (exact) mass is 171 g/mol. The van der Waals surface area contributed by atoms with Crippen molar-refractivity contribution in [1.29, 1.82) is 0 Å². The van der Waals surface area contributed by atoms with Crippen molar-refractivity contribution in [3.8, 4) is 0 Å². The SMILES string of the molecule is OC1CCNC2(CCOCC2)C1. The van der Waals surface area contributed by atoms with Crippen molar-refractivity contribution in [2.75, 3.05) is 19.8 Å². The highest BCUT2D eigenvalue weighted by molar-refractivity contribution is 4.95. The van der Waals surface area contributed by atoms with Gasteiger partial charge in [-0.05, 0) is 32.2 Å². The summed E-state index contributed by atoms with van der Waals surface area (Å²) in [6.07, 6.45) is 3.84. The van der Waals surface area contributed by atoms with Gasteiger partial charge in [-0.25, -0.2) is 0 Å². The molecule has 2 N–H and O–H groups in total. The molecule has 2 aliphatic rings. The Morgan fingerprint density at radius 3 is 2.75 bits per heavy atom. The summed E-state index contributed by atoms with van der Waals surface area (Å²) < 4.78 is 5.31. The Kier molecular flexibility index (Phi) is 2.35. The molecule has 2 aliphatic heterocycles. The highest BCUT2D eigenvalue weighted by atomic mass is 16.5. The summed E-state index contributed by atoms with van der Waals surface area (Å²) in [4.78, 5) is 0. The molecule has 1 unspecified atom stereocenters. The second kappa shape index (κ2) is 3.32. The maximum absolute atomic E-state index is 9.55. The topological polar surface area (TPSA) is 41.5 Å². The molecule has 2 heterocycles. The minimum atomic E-state index is -0.0932. The Morgan fingerprint density at radius 2 is 2.08 bits per heavy atom. The first-order chi connectivity index (χ1) is 5.81. The van der Waals surface area contributed by atoms with Crippen molar-refractivity contribution in [3.63, 3.8) is 0 Å². The van der Waals surface area contributed by atoms with E-state index in [-0.39, 0.29) is 11.6 Å². The van der Waals surface area contributed by atoms with Crippen LogP contribution in [0.1, 0.15) is 25.7 Å². The van der Waals surface area contributed by atoms with Gasteiger partial charge in [0, 0.05) is 18.8 Å². The van der Waals surface area contributed by atoms with Gasteiger partial charge in [0.05, 0.1) is 6.10 Å². The first-order valence-corrected chi connectivity index (χ1v) is 4.82. The third-order valence-corrected chi connectivity index (χ3v) is 3.05. The van der Waals surface area contributed by atoms with Gasteiger partial charge in [-0.1, -0.05) is 0 Å². The molecule has 1 atom stereocenters. The molecule has 0 amide bonds. The summed E-state index contributed by atoms with van der Waals surface area (Å²) in [6.45, 7) is 2.65. The van der Waals surface area contributed by atoms with Crippen molar-refractivity contribution in [1.82, 2.24) is 5.32 Å². The molecule has 0 aromatic rings. The second-order valence-electron chi connectivity index (χ2n) is 3.97. The maximum Gasteiger partial charge on any atom is 0.0570 e. The lowest BCUT2D eigenvalue weighted by molar-refractivity contribution is -0.00541. The largest absolute Gasteiger partial charge is 0.393 e. The summed E-state index contributed by atoms with van der Waals surface area (Å²) in [6, 6.07) is 0. The fourth-order valence-corrected chi connectivity index (χ4v) is 2.27. The van der Waals surface area contributed by atoms with Gasteiger partial charge in [0.1, 0.15) is 0 Å². The van der Waals surface area contributed by atoms with Crippen molar-refractivity contribution >= 4 is 0 Å². The van der Waals surface area contributed by atoms with Crippen LogP contribution in [0.3, 0.4) is 0 Å². The normalized spacial score (nSPS) is 35.2. The zero-order chi connectivity index (χ0) is 8.44. The van der Waals surface area contributed by atoms with Gasteiger partial charge in [-0.15, -0.1) is 0 Å². The molecule has 0 aliphatic carbocycles. The highest BCUT2D eigenvalue weighted by Gasteiger charge is 2.36. The minimum Gasteiger partial charge on any atom is -0.393 e. The van der Waals surface area contributed by atoms with E-state index >= 15 is 0 Å². The van der Waals surface area contributed by atoms with E-state index in [0.717, 1.165) is 45.4 Å². The zero-order valence-corrected chi connectivity index (χ0v) is 7.38. The number of aliphatic hydroxyl groups is 1. The van der Waals surface area contributed by atoms with Gasteiger partial charge in [0.2, 0.25) is 0 Å². The van der Waals surface area contributed by atoms with E-state index in [4.69, 9.17) is 4.74 Å². The summed E-state index contributed by atoms with van der Waals surface area (Å²) in [5.74, 6) is 0. The van der Waals surface area contributed by atoms with Gasteiger partial charge in [-0.2, -0.15) is 0 Å². The van der Waals surface area contributed by atoms with E-state index in [9.17, 15) is 5.11 Å². The first kappa shape index (κ1) is 8.48. The van der Waals surface area contributed by atoms with Gasteiger partial charge < -0.3 is 15.2 Å². The Bertz CT molecular complexity index is 149. The molecule has 1 spiro atoms. The highest BCUT2D eigenvalue weighted by Crippen LogP contribution is 2.29. The molecule has 3 heteroatoms. The predicted molar refractivity (Wildman–Crippen MR) is 46.0 cm³/mol. The summed E-state index contributed by atoms with van der Waals surface area (Å²) in [5, 5.41) is 13.1. The van der Waals surface area contributed by atoms with Gasteiger partial charge in [0.15, 0.2) is 0 Å². The number of ether oxygens (including phenoxy) is 1. The van der Waals surface area contributed by atoms with Crippen LogP contribution in [-0.4, -0.2) is 36.5 Å². The van der Waals surface area contributed by atoms with Crippen LogP contribution in [0.4, 0.5) is 0 Å². The minimum absolute atomic E-state index is 0.0932. The van der Waals surface area contributed by atoms with Crippen LogP contribution in [0, 0.1) is 0 Å². The lowest BCUT2D eigenvalue weighted by Crippen LogP contribution is -2.55. The number of piperidine rings is 1. The van der Waals surface area contributed by atoms with E-state index < -0.39 is 0 Å². The lowest BCUT2D eigenvalue weighted by Gasteiger charge is -2.43. The molecule has 70 valence electrons. The number of rotatable bonds is 0. The van der Waals surface area contributed by atoms with Crippen molar-refractivity contribution in [3.05, 3.63) is 0 Å². The van der Waals surface area contributed by atoms with Crippen LogP contribution >= 0.6 is 0 Å². The lowest BCUT2D eigenvalue weighted by atomic mass is 9.81. The molecule has 0 aromatic carbocycles. The average Bonchev–Trinajstić information content (AvgIpc) is 2.05. The van der Waals surface area contributed by atoms with Crippen LogP contribution < -0.4 is 5.32 Å². The van der Waals surface area contributed by atoms with Gasteiger partial charge >= 0.3 is 0 Å². The molecule has 0 aromatic heterocycles. The number of hydrogen-bond donors (Lipinski definition) is 2. The quantitative estimate of drug-likeness (QED) is 0.550. The third-order valence-electron chi connectivity index (χ3n) is 3.05. The van der Waals surface area contributed by atoms with Gasteiger partial charge in [-0.3, -0.25) is 0 Å². The van der Waals surface area contributed by atoms with E-state index in [0.29, 0.717) is 0 Å². The van der Waals surface area contributed by atoms with Crippen LogP contribution in [0.15, 0.2) is 0 Å². The van der Waals surface area contributed by atoms with Crippen LogP contribution in [0.2, 0.25) is 0 Å². The standard InChI is InChI=1S/C9H17NO2/c11-8-1-4-10-9(7-8)2-5-12-6-3-9/h8,10-11H,1-7H2. The van der Waals surface area contributed by atoms with E-state index in [2.05, 4.69) is 5.32 Å². The Morgan fingerprint density at radius 1 is 1.33 bits per heavy atom. The van der Waals surface area contributed by atoms with Crippen LogP contribution in [0.25, 0.3) is 0 Å². The molecular weight excluding hydrogens is 154 g/mol.